The van der Waals surface area contributed by atoms with E-state index in [1.807, 2.05) is 0 Å². The fourth-order valence-electron chi connectivity index (χ4n) is 3.44. The van der Waals surface area contributed by atoms with Gasteiger partial charge < -0.3 is 20.1 Å². The number of hydrogen-bond donors (Lipinski definition) is 2. The summed E-state index contributed by atoms with van der Waals surface area (Å²) in [4.78, 5) is 23.5. The van der Waals surface area contributed by atoms with E-state index in [0.29, 0.717) is 29.9 Å². The first-order chi connectivity index (χ1) is 14.0. The van der Waals surface area contributed by atoms with Gasteiger partial charge in [-0.25, -0.2) is 4.98 Å². The lowest BCUT2D eigenvalue weighted by Crippen LogP contribution is -2.45. The average molecular weight is 437 g/mol. The summed E-state index contributed by atoms with van der Waals surface area (Å²) in [6.45, 7) is 1.42. The molecule has 0 atom stereocenters. The van der Waals surface area contributed by atoms with Crippen LogP contribution in [0.25, 0.3) is 0 Å². The second kappa shape index (κ2) is 8.63. The zero-order valence-corrected chi connectivity index (χ0v) is 17.3. The molecule has 9 heteroatoms. The lowest BCUT2D eigenvalue weighted by atomic mass is 9.96. The van der Waals surface area contributed by atoms with E-state index in [1.165, 1.54) is 18.6 Å². The third kappa shape index (κ3) is 4.67. The molecule has 2 fully saturated rings. The van der Waals surface area contributed by atoms with Crippen LogP contribution in [-0.4, -0.2) is 46.2 Å². The lowest BCUT2D eigenvalue weighted by Gasteiger charge is -2.32. The molecule has 2 N–H and O–H groups in total. The summed E-state index contributed by atoms with van der Waals surface area (Å²) in [6.07, 6.45) is 6.83. The number of aromatic hydroxyl groups is 1. The summed E-state index contributed by atoms with van der Waals surface area (Å²) in [7, 11) is 0. The molecule has 154 valence electrons. The minimum atomic E-state index is -0.391. The van der Waals surface area contributed by atoms with Gasteiger partial charge in [0, 0.05) is 36.4 Å². The Bertz CT molecular complexity index is 899. The second-order valence-corrected chi connectivity index (χ2v) is 8.23. The van der Waals surface area contributed by atoms with Crippen molar-refractivity contribution in [1.29, 1.82) is 0 Å². The van der Waals surface area contributed by atoms with Crippen LogP contribution in [0.1, 0.15) is 42.5 Å². The van der Waals surface area contributed by atoms with Gasteiger partial charge in [0.2, 0.25) is 11.8 Å². The summed E-state index contributed by atoms with van der Waals surface area (Å²) in [5, 5.41) is 13.3. The summed E-state index contributed by atoms with van der Waals surface area (Å²) >= 11 is 11.9. The molecule has 0 spiro atoms. The first-order valence-corrected chi connectivity index (χ1v) is 10.5. The quantitative estimate of drug-likeness (QED) is 0.740. The Balaban J connectivity index is 1.34. The van der Waals surface area contributed by atoms with Crippen LogP contribution >= 0.6 is 23.2 Å². The number of nitrogens with zero attached hydrogens (tertiary/aromatic N) is 3. The highest BCUT2D eigenvalue weighted by Gasteiger charge is 2.25. The van der Waals surface area contributed by atoms with Crippen molar-refractivity contribution in [3.8, 4) is 11.6 Å². The first kappa shape index (κ1) is 20.0. The van der Waals surface area contributed by atoms with E-state index in [1.54, 1.807) is 12.3 Å². The summed E-state index contributed by atoms with van der Waals surface area (Å²) in [6, 6.07) is 4.58. The van der Waals surface area contributed by atoms with Crippen molar-refractivity contribution in [2.24, 2.45) is 0 Å². The van der Waals surface area contributed by atoms with E-state index in [2.05, 4.69) is 20.2 Å². The van der Waals surface area contributed by atoms with Gasteiger partial charge in [0.1, 0.15) is 11.9 Å². The Morgan fingerprint density at radius 3 is 2.66 bits per heavy atom. The number of anilines is 1. The lowest BCUT2D eigenvalue weighted by molar-refractivity contribution is 0.0928. The molecule has 1 aromatic carbocycles. The fourth-order valence-corrected chi connectivity index (χ4v) is 3.93. The molecule has 0 bridgehead atoms. The third-order valence-corrected chi connectivity index (χ3v) is 5.85. The number of halogens is 2. The molecule has 2 aliphatic rings. The van der Waals surface area contributed by atoms with Crippen LogP contribution in [0.4, 0.5) is 5.95 Å². The number of nitrogens with one attached hydrogen (secondary N) is 1. The minimum absolute atomic E-state index is 0.0229. The Morgan fingerprint density at radius 2 is 1.97 bits per heavy atom. The van der Waals surface area contributed by atoms with Gasteiger partial charge in [0.15, 0.2) is 0 Å². The average Bonchev–Trinajstić information content (AvgIpc) is 2.68. The summed E-state index contributed by atoms with van der Waals surface area (Å²) < 4.78 is 5.85. The molecule has 1 aliphatic heterocycles. The standard InChI is InChI=1S/C20H22Cl2N4O3/c21-12-10-15(18(27)16(22)11-12)19(28)24-13-5-8-26(9-6-13)20-23-7-4-17(25-20)29-14-2-1-3-14/h4,7,10-11,13-14,27H,1-3,5-6,8-9H2,(H,24,28). The molecule has 1 saturated heterocycles. The largest absolute Gasteiger partial charge is 0.506 e. The number of benzene rings is 1. The first-order valence-electron chi connectivity index (χ1n) is 9.73. The molecular formula is C20H22Cl2N4O3. The van der Waals surface area contributed by atoms with Gasteiger partial charge in [-0.3, -0.25) is 4.79 Å². The Kier molecular flexibility index (Phi) is 5.96. The normalized spacial score (nSPS) is 17.7. The second-order valence-electron chi connectivity index (χ2n) is 7.38. The van der Waals surface area contributed by atoms with E-state index >= 15 is 0 Å². The van der Waals surface area contributed by atoms with Gasteiger partial charge in [0.05, 0.1) is 10.6 Å². The van der Waals surface area contributed by atoms with Crippen LogP contribution in [-0.2, 0) is 0 Å². The Hall–Kier alpha value is -2.25. The van der Waals surface area contributed by atoms with E-state index in [4.69, 9.17) is 27.9 Å². The van der Waals surface area contributed by atoms with Gasteiger partial charge in [0.25, 0.3) is 5.91 Å². The number of piperidine rings is 1. The van der Waals surface area contributed by atoms with Crippen LogP contribution in [0.3, 0.4) is 0 Å². The van der Waals surface area contributed by atoms with Gasteiger partial charge in [-0.1, -0.05) is 23.2 Å². The topological polar surface area (TPSA) is 87.6 Å². The minimum Gasteiger partial charge on any atom is -0.506 e. The van der Waals surface area contributed by atoms with Gasteiger partial charge in [-0.2, -0.15) is 4.98 Å². The van der Waals surface area contributed by atoms with Crippen LogP contribution in [0.2, 0.25) is 10.0 Å². The predicted octanol–water partition coefficient (Wildman–Crippen LogP) is 3.82. The number of carbonyl (C=O) groups excluding carboxylic acids is 1. The van der Waals surface area contributed by atoms with Crippen molar-refractivity contribution in [2.75, 3.05) is 18.0 Å². The van der Waals surface area contributed by atoms with Crippen molar-refractivity contribution in [3.05, 3.63) is 40.0 Å². The number of hydrogen-bond acceptors (Lipinski definition) is 6. The van der Waals surface area contributed by atoms with E-state index in [-0.39, 0.29) is 28.5 Å². The highest BCUT2D eigenvalue weighted by atomic mass is 35.5. The highest BCUT2D eigenvalue weighted by Crippen LogP contribution is 2.31. The SMILES string of the molecule is O=C(NC1CCN(c2nccc(OC3CCC3)n2)CC1)c1cc(Cl)cc(Cl)c1O. The van der Waals surface area contributed by atoms with Crippen molar-refractivity contribution in [3.63, 3.8) is 0 Å². The molecule has 1 aliphatic carbocycles. The highest BCUT2D eigenvalue weighted by molar-refractivity contribution is 6.36. The zero-order valence-electron chi connectivity index (χ0n) is 15.8. The number of amides is 1. The predicted molar refractivity (Wildman–Crippen MR) is 111 cm³/mol. The van der Waals surface area contributed by atoms with E-state index < -0.39 is 5.91 Å². The zero-order chi connectivity index (χ0) is 20.4. The molecule has 7 nitrogen and oxygen atoms in total. The van der Waals surface area contributed by atoms with Crippen LogP contribution in [0.5, 0.6) is 11.6 Å². The fraction of sp³-hybridized carbons (Fsp3) is 0.450. The van der Waals surface area contributed by atoms with E-state index in [0.717, 1.165) is 25.7 Å². The third-order valence-electron chi connectivity index (χ3n) is 5.34. The van der Waals surface area contributed by atoms with Crippen molar-refractivity contribution in [2.45, 2.75) is 44.2 Å². The van der Waals surface area contributed by atoms with Crippen LogP contribution in [0.15, 0.2) is 24.4 Å². The Morgan fingerprint density at radius 1 is 1.21 bits per heavy atom. The van der Waals surface area contributed by atoms with Crippen LogP contribution in [0, 0.1) is 0 Å². The number of rotatable bonds is 5. The molecular weight excluding hydrogens is 415 g/mol. The smallest absolute Gasteiger partial charge is 0.255 e. The molecule has 1 aromatic heterocycles. The maximum absolute atomic E-state index is 12.5. The summed E-state index contributed by atoms with van der Waals surface area (Å²) in [5.41, 5.74) is 0.0779. The monoisotopic (exact) mass is 436 g/mol. The maximum Gasteiger partial charge on any atom is 0.255 e. The molecule has 0 radical (unpaired) electrons. The number of phenols is 1. The maximum atomic E-state index is 12.5. The molecule has 0 unspecified atom stereocenters. The van der Waals surface area contributed by atoms with Gasteiger partial charge in [-0.05, 0) is 44.2 Å². The van der Waals surface area contributed by atoms with Crippen LogP contribution < -0.4 is 15.0 Å². The summed E-state index contributed by atoms with van der Waals surface area (Å²) in [5.74, 6) is 0.606. The molecule has 1 saturated carbocycles. The number of aromatic nitrogens is 2. The number of phenolic OH excluding ortho intramolecular Hbond substituents is 1. The molecule has 29 heavy (non-hydrogen) atoms. The number of carbonyl (C=O) groups is 1. The van der Waals surface area contributed by atoms with E-state index in [9.17, 15) is 9.90 Å². The Labute approximate surface area is 179 Å². The van der Waals surface area contributed by atoms with Crippen molar-refractivity contribution >= 4 is 35.1 Å². The molecule has 4 rings (SSSR count). The van der Waals surface area contributed by atoms with Crippen molar-refractivity contribution < 1.29 is 14.6 Å². The van der Waals surface area contributed by atoms with Gasteiger partial charge >= 0.3 is 0 Å². The van der Waals surface area contributed by atoms with Gasteiger partial charge in [-0.15, -0.1) is 0 Å². The molecule has 1 amide bonds. The number of ether oxygens (including phenoxy) is 1. The molecule has 2 heterocycles. The molecule has 2 aromatic rings. The van der Waals surface area contributed by atoms with Crippen molar-refractivity contribution in [1.82, 2.24) is 15.3 Å².